The van der Waals surface area contributed by atoms with Crippen molar-refractivity contribution in [2.24, 2.45) is 0 Å². The molecule has 12 heteroatoms. The van der Waals surface area contributed by atoms with Crippen molar-refractivity contribution in [3.05, 3.63) is 71.7 Å². The van der Waals surface area contributed by atoms with E-state index in [1.165, 1.54) is 6.20 Å². The summed E-state index contributed by atoms with van der Waals surface area (Å²) in [5.41, 5.74) is 5.46. The number of piperidine rings is 1. The summed E-state index contributed by atoms with van der Waals surface area (Å²) >= 11 is 0. The predicted molar refractivity (Wildman–Crippen MR) is 194 cm³/mol. The third kappa shape index (κ3) is 7.68. The lowest BCUT2D eigenvalue weighted by Crippen LogP contribution is -2.56. The first-order valence-corrected chi connectivity index (χ1v) is 19.5. The summed E-state index contributed by atoms with van der Waals surface area (Å²) in [6.45, 7) is 17.8. The predicted octanol–water partition coefficient (Wildman–Crippen LogP) is 9.60. The first-order valence-electron chi connectivity index (χ1n) is 17.2. The molecule has 0 radical (unpaired) electrons. The molecule has 0 spiro atoms. The highest BCUT2D eigenvalue weighted by Gasteiger charge is 2.42. The number of rotatable bonds is 8. The van der Waals surface area contributed by atoms with Crippen LogP contribution in [0, 0.1) is 11.5 Å². The van der Waals surface area contributed by atoms with Crippen LogP contribution in [0.2, 0.25) is 16.6 Å². The van der Waals surface area contributed by atoms with Gasteiger partial charge in [0.2, 0.25) is 5.95 Å². The largest absolute Gasteiger partial charge is 0.445 e. The second-order valence-corrected chi connectivity index (χ2v) is 20.3. The van der Waals surface area contributed by atoms with E-state index < -0.39 is 31.4 Å². The Labute approximate surface area is 293 Å². The molecule has 1 aromatic carbocycles. The molecule has 1 aliphatic heterocycles. The van der Waals surface area contributed by atoms with Gasteiger partial charge in [-0.25, -0.2) is 19.7 Å². The summed E-state index contributed by atoms with van der Waals surface area (Å²) in [6.07, 6.45) is -1.54. The number of ether oxygens (including phenoxy) is 1. The van der Waals surface area contributed by atoms with Gasteiger partial charge >= 0.3 is 12.3 Å². The van der Waals surface area contributed by atoms with Crippen LogP contribution in [0.4, 0.5) is 23.9 Å². The van der Waals surface area contributed by atoms with Crippen molar-refractivity contribution in [3.8, 4) is 22.7 Å². The fraction of sp³-hybridized carbons (Fsp3) is 0.474. The Morgan fingerprint density at radius 1 is 1.06 bits per heavy atom. The van der Waals surface area contributed by atoms with Crippen LogP contribution in [0.25, 0.3) is 22.3 Å². The molecule has 1 aliphatic rings. The van der Waals surface area contributed by atoms with Gasteiger partial charge in [0.05, 0.1) is 5.69 Å². The maximum atomic E-state index is 14.3. The fourth-order valence-electron chi connectivity index (χ4n) is 7.38. The van der Waals surface area contributed by atoms with E-state index in [-0.39, 0.29) is 36.4 Å². The molecule has 4 aromatic rings. The number of halogens is 3. The Morgan fingerprint density at radius 3 is 2.38 bits per heavy atom. The number of benzene rings is 1. The van der Waals surface area contributed by atoms with Gasteiger partial charge in [-0.3, -0.25) is 0 Å². The molecular weight excluding hydrogens is 658 g/mol. The van der Waals surface area contributed by atoms with Gasteiger partial charge in [-0.05, 0) is 61.0 Å². The molecule has 0 unspecified atom stereocenters. The molecule has 5 rings (SSSR count). The molecule has 0 bridgehead atoms. The molecule has 50 heavy (non-hydrogen) atoms. The van der Waals surface area contributed by atoms with Crippen LogP contribution in [0.1, 0.15) is 85.1 Å². The number of carbonyl (C=O) groups excluding carboxylic acids is 1. The van der Waals surface area contributed by atoms with Gasteiger partial charge in [0.15, 0.2) is 0 Å². The number of nitrogens with one attached hydrogen (secondary N) is 2. The summed E-state index contributed by atoms with van der Waals surface area (Å²) in [5.74, 6) is 3.36. The quantitative estimate of drug-likeness (QED) is 0.140. The van der Waals surface area contributed by atoms with E-state index in [2.05, 4.69) is 78.3 Å². The highest BCUT2D eigenvalue weighted by molar-refractivity contribution is 6.90. The molecule has 1 amide bonds. The Hall–Kier alpha value is -4.37. The molecule has 4 heterocycles. The van der Waals surface area contributed by atoms with E-state index in [4.69, 9.17) is 4.74 Å². The lowest BCUT2D eigenvalue weighted by molar-refractivity contribution is -0.137. The summed E-state index contributed by atoms with van der Waals surface area (Å²) < 4.78 is 48.6. The lowest BCUT2D eigenvalue weighted by atomic mass is 9.88. The number of hydrogen-bond acceptors (Lipinski definition) is 6. The van der Waals surface area contributed by atoms with E-state index >= 15 is 0 Å². The second-order valence-electron chi connectivity index (χ2n) is 14.7. The topological polar surface area (TPSA) is 96.0 Å². The number of anilines is 1. The van der Waals surface area contributed by atoms with Gasteiger partial charge in [-0.2, -0.15) is 13.2 Å². The molecule has 1 saturated heterocycles. The maximum Gasteiger partial charge on any atom is 0.419 e. The number of pyridine rings is 1. The minimum atomic E-state index is -4.69. The first-order chi connectivity index (χ1) is 23.5. The van der Waals surface area contributed by atoms with Gasteiger partial charge in [-0.15, -0.1) is 5.54 Å². The number of likely N-dealkylation sites (tertiary alicyclic amines) is 1. The Morgan fingerprint density at radius 2 is 1.74 bits per heavy atom. The van der Waals surface area contributed by atoms with E-state index in [1.54, 1.807) is 17.0 Å². The number of aromatic amines is 1. The Balaban J connectivity index is 1.41. The van der Waals surface area contributed by atoms with Crippen LogP contribution in [0.3, 0.4) is 0 Å². The standard InChI is InChI=1S/C38H47F3N6O2Si/c1-24(2)50(25(3)4,26(5)6)19-17-28-14-15-30-31(20-42-34(30)44-28)33-32(38(39,40)41)21-43-35(46-33)45-29-16-18-37(7,8)47(22-29)36(48)49-23-27-12-10-9-11-13-27/h9-15,20-21,24-26,29H,16,18,22-23H2,1-8H3,(H,42,44)(H,43,45,46)/t29-/m0/s1. The van der Waals surface area contributed by atoms with E-state index in [0.29, 0.717) is 46.2 Å². The molecule has 0 saturated carbocycles. The number of nitrogens with zero attached hydrogens (tertiary/aromatic N) is 4. The molecule has 266 valence electrons. The van der Waals surface area contributed by atoms with E-state index in [1.807, 2.05) is 44.2 Å². The van der Waals surface area contributed by atoms with Crippen LogP contribution >= 0.6 is 0 Å². The Kier molecular flexibility index (Phi) is 10.7. The summed E-state index contributed by atoms with van der Waals surface area (Å²) in [7, 11) is -2.01. The number of hydrogen-bond donors (Lipinski definition) is 2. The molecule has 8 nitrogen and oxygen atoms in total. The van der Waals surface area contributed by atoms with Crippen LogP contribution in [-0.2, 0) is 17.5 Å². The SMILES string of the molecule is CC(C)[Si](C#Cc1ccc2c(-c3nc(N[C@H]4CCC(C)(C)N(C(=O)OCc5ccccc5)C4)ncc3C(F)(F)F)c[nH]c2n1)(C(C)C)C(C)C. The molecule has 0 aliphatic carbocycles. The van der Waals surface area contributed by atoms with Gasteiger partial charge < -0.3 is 19.9 Å². The van der Waals surface area contributed by atoms with Crippen LogP contribution in [0.5, 0.6) is 0 Å². The number of amides is 1. The third-order valence-electron chi connectivity index (χ3n) is 10.2. The molecule has 1 atom stereocenters. The normalized spacial score (nSPS) is 16.5. The Bertz CT molecular complexity index is 1860. The van der Waals surface area contributed by atoms with Crippen molar-refractivity contribution in [3.63, 3.8) is 0 Å². The average Bonchev–Trinajstić information content (AvgIpc) is 3.47. The number of alkyl halides is 3. The van der Waals surface area contributed by atoms with Crippen molar-refractivity contribution in [1.82, 2.24) is 24.8 Å². The lowest BCUT2D eigenvalue weighted by Gasteiger charge is -2.44. The highest BCUT2D eigenvalue weighted by atomic mass is 28.3. The van der Waals surface area contributed by atoms with Crippen molar-refractivity contribution < 1.29 is 22.7 Å². The number of H-pyrrole nitrogens is 1. The number of aromatic nitrogens is 4. The fourth-order valence-corrected chi connectivity index (χ4v) is 12.6. The summed E-state index contributed by atoms with van der Waals surface area (Å²) in [6, 6.07) is 12.6. The zero-order valence-electron chi connectivity index (χ0n) is 30.1. The van der Waals surface area contributed by atoms with Gasteiger partial charge in [0.1, 0.15) is 31.6 Å². The molecule has 3 aromatic heterocycles. The minimum absolute atomic E-state index is 0.0393. The highest BCUT2D eigenvalue weighted by Crippen LogP contribution is 2.41. The zero-order valence-corrected chi connectivity index (χ0v) is 31.1. The van der Waals surface area contributed by atoms with Gasteiger partial charge in [0, 0.05) is 41.5 Å². The molecular formula is C38H47F3N6O2Si. The zero-order chi connectivity index (χ0) is 36.4. The van der Waals surface area contributed by atoms with Gasteiger partial charge in [0.25, 0.3) is 0 Å². The summed E-state index contributed by atoms with van der Waals surface area (Å²) in [4.78, 5) is 31.0. The minimum Gasteiger partial charge on any atom is -0.445 e. The van der Waals surface area contributed by atoms with Crippen molar-refractivity contribution in [2.75, 3.05) is 11.9 Å². The first kappa shape index (κ1) is 36.9. The second kappa shape index (κ2) is 14.5. The van der Waals surface area contributed by atoms with E-state index in [9.17, 15) is 18.0 Å². The smallest absolute Gasteiger partial charge is 0.419 e. The number of fused-ring (bicyclic) bond motifs is 1. The molecule has 1 fully saturated rings. The monoisotopic (exact) mass is 704 g/mol. The number of carbonyl (C=O) groups is 1. The van der Waals surface area contributed by atoms with Crippen LogP contribution in [-0.4, -0.2) is 57.1 Å². The van der Waals surface area contributed by atoms with Crippen LogP contribution in [0.15, 0.2) is 54.9 Å². The average molecular weight is 705 g/mol. The summed E-state index contributed by atoms with van der Waals surface area (Å²) in [5, 5.41) is 3.69. The van der Waals surface area contributed by atoms with Crippen molar-refractivity contribution in [2.45, 2.75) is 109 Å². The van der Waals surface area contributed by atoms with Crippen molar-refractivity contribution in [1.29, 1.82) is 0 Å². The van der Waals surface area contributed by atoms with Crippen molar-refractivity contribution >= 4 is 31.1 Å². The third-order valence-corrected chi connectivity index (χ3v) is 16.4. The maximum absolute atomic E-state index is 14.3. The van der Waals surface area contributed by atoms with E-state index in [0.717, 1.165) is 11.8 Å². The molecule has 2 N–H and O–H groups in total. The van der Waals surface area contributed by atoms with Crippen LogP contribution < -0.4 is 5.32 Å². The van der Waals surface area contributed by atoms with Gasteiger partial charge in [-0.1, -0.05) is 77.8 Å².